The largest absolute Gasteiger partial charge is 0.383 e. The first kappa shape index (κ1) is 25.0. The molecule has 1 aliphatic rings. The van der Waals surface area contributed by atoms with E-state index >= 15 is 0 Å². The molecule has 0 fully saturated rings. The van der Waals surface area contributed by atoms with Crippen LogP contribution in [0.1, 0.15) is 37.6 Å². The number of aromatic nitrogens is 2. The quantitative estimate of drug-likeness (QED) is 0.168. The number of nitrogens with two attached hydrogens (primary N) is 1. The van der Waals surface area contributed by atoms with Crippen LogP contribution in [0.3, 0.4) is 0 Å². The molecule has 0 unspecified atom stereocenters. The summed E-state index contributed by atoms with van der Waals surface area (Å²) in [5, 5.41) is 4.92. The molecule has 0 radical (unpaired) electrons. The number of fused-ring (bicyclic) bond motifs is 3. The second-order valence-corrected chi connectivity index (χ2v) is 12.5. The number of rotatable bonds is 6. The molecule has 8 heteroatoms. The van der Waals surface area contributed by atoms with Crippen LogP contribution in [0.2, 0.25) is 0 Å². The third-order valence-electron chi connectivity index (χ3n) is 6.56. The first-order valence-corrected chi connectivity index (χ1v) is 15.1. The predicted molar refractivity (Wildman–Crippen MR) is 161 cm³/mol. The van der Waals surface area contributed by atoms with Crippen LogP contribution in [0, 0.1) is 6.92 Å². The smallest absolute Gasteiger partial charge is 0.234 e. The van der Waals surface area contributed by atoms with E-state index in [-0.39, 0.29) is 16.9 Å². The Morgan fingerprint density at radius 1 is 0.974 bits per heavy atom. The summed E-state index contributed by atoms with van der Waals surface area (Å²) in [7, 11) is 0. The Morgan fingerprint density at radius 3 is 2.37 bits per heavy atom. The van der Waals surface area contributed by atoms with Crippen molar-refractivity contribution in [1.29, 1.82) is 0 Å². The van der Waals surface area contributed by atoms with E-state index in [1.54, 1.807) is 11.3 Å². The van der Waals surface area contributed by atoms with Crippen molar-refractivity contribution >= 4 is 62.5 Å². The van der Waals surface area contributed by atoms with Crippen LogP contribution in [-0.2, 0) is 11.2 Å². The first-order chi connectivity index (χ1) is 18.5. The Labute approximate surface area is 234 Å². The molecule has 0 aliphatic carbocycles. The third-order valence-corrected chi connectivity index (χ3v) is 10.3. The van der Waals surface area contributed by atoms with Gasteiger partial charge in [-0.05, 0) is 42.2 Å². The van der Waals surface area contributed by atoms with Gasteiger partial charge in [0.1, 0.15) is 10.6 Å². The molecule has 0 spiro atoms. The number of hydrogen-bond acceptors (Lipinski definition) is 7. The average molecular weight is 555 g/mol. The molecule has 3 heterocycles. The fraction of sp³-hybridized carbons (Fsp3) is 0.167. The molecular weight excluding hydrogens is 529 g/mol. The standard InChI is InChI=1S/C30H26N4OS3/c1-18-12-14-21(15-13-18)32-24(35)17-36-30-33-28(31)25-22-16-23(19-8-4-2-5-9-19)37-26(20-10-6-3-7-11-20)27(22)38-29(25)34-30/h2-15,23,26H,16-17H2,1H3,(H,32,35)(H2,31,33,34)/t23-,26-/m0/s1. The number of carbonyl (C=O) groups excluding carboxylic acids is 1. The highest BCUT2D eigenvalue weighted by molar-refractivity contribution is 8.00. The minimum atomic E-state index is -0.0992. The van der Waals surface area contributed by atoms with Gasteiger partial charge in [0, 0.05) is 15.8 Å². The van der Waals surface area contributed by atoms with Crippen molar-refractivity contribution in [1.82, 2.24) is 9.97 Å². The monoisotopic (exact) mass is 554 g/mol. The molecule has 0 saturated heterocycles. The maximum absolute atomic E-state index is 12.5. The summed E-state index contributed by atoms with van der Waals surface area (Å²) in [6.45, 7) is 2.02. The molecule has 3 aromatic carbocycles. The number of aryl methyl sites for hydroxylation is 1. The number of amides is 1. The number of benzene rings is 3. The van der Waals surface area contributed by atoms with Gasteiger partial charge in [-0.25, -0.2) is 9.97 Å². The Balaban J connectivity index is 1.30. The lowest BCUT2D eigenvalue weighted by Crippen LogP contribution is -2.14. The average Bonchev–Trinajstić information content (AvgIpc) is 3.32. The predicted octanol–water partition coefficient (Wildman–Crippen LogP) is 7.43. The molecule has 190 valence electrons. The van der Waals surface area contributed by atoms with Gasteiger partial charge in [0.15, 0.2) is 5.16 Å². The zero-order chi connectivity index (χ0) is 26.1. The molecule has 6 rings (SSSR count). The minimum absolute atomic E-state index is 0.0992. The molecule has 5 aromatic rings. The summed E-state index contributed by atoms with van der Waals surface area (Å²) in [5.41, 5.74) is 12.3. The van der Waals surface area contributed by atoms with E-state index in [1.165, 1.54) is 33.3 Å². The molecule has 3 N–H and O–H groups in total. The van der Waals surface area contributed by atoms with Crippen LogP contribution < -0.4 is 11.1 Å². The molecule has 1 aliphatic heterocycles. The van der Waals surface area contributed by atoms with Gasteiger partial charge in [-0.1, -0.05) is 90.1 Å². The van der Waals surface area contributed by atoms with Gasteiger partial charge < -0.3 is 11.1 Å². The van der Waals surface area contributed by atoms with Crippen molar-refractivity contribution in [3.05, 3.63) is 112 Å². The highest BCUT2D eigenvalue weighted by atomic mass is 32.2. The van der Waals surface area contributed by atoms with Crippen LogP contribution in [0.15, 0.2) is 90.1 Å². The van der Waals surface area contributed by atoms with Gasteiger partial charge >= 0.3 is 0 Å². The second kappa shape index (κ2) is 10.8. The molecule has 1 amide bonds. The number of carbonyl (C=O) groups is 1. The number of nitrogen functional groups attached to an aromatic ring is 1. The molecule has 0 saturated carbocycles. The summed E-state index contributed by atoms with van der Waals surface area (Å²) < 4.78 is 0. The normalized spacial score (nSPS) is 16.8. The van der Waals surface area contributed by atoms with Crippen molar-refractivity contribution < 1.29 is 4.79 Å². The van der Waals surface area contributed by atoms with Gasteiger partial charge in [0.05, 0.1) is 16.4 Å². The topological polar surface area (TPSA) is 80.9 Å². The van der Waals surface area contributed by atoms with Crippen LogP contribution in [0.5, 0.6) is 0 Å². The van der Waals surface area contributed by atoms with E-state index in [0.29, 0.717) is 16.2 Å². The highest BCUT2D eigenvalue weighted by Crippen LogP contribution is 2.55. The van der Waals surface area contributed by atoms with Crippen molar-refractivity contribution in [3.63, 3.8) is 0 Å². The van der Waals surface area contributed by atoms with Crippen LogP contribution in [0.25, 0.3) is 10.2 Å². The number of anilines is 2. The van der Waals surface area contributed by atoms with Gasteiger partial charge in [0.2, 0.25) is 5.91 Å². The van der Waals surface area contributed by atoms with Gasteiger partial charge in [0.25, 0.3) is 0 Å². The summed E-state index contributed by atoms with van der Waals surface area (Å²) in [5.74, 6) is 0.597. The summed E-state index contributed by atoms with van der Waals surface area (Å²) in [6.07, 6.45) is 0.881. The van der Waals surface area contributed by atoms with Crippen molar-refractivity contribution in [2.24, 2.45) is 0 Å². The van der Waals surface area contributed by atoms with E-state index in [9.17, 15) is 4.79 Å². The Morgan fingerprint density at radius 2 is 1.66 bits per heavy atom. The molecule has 0 bridgehead atoms. The number of thioether (sulfide) groups is 2. The van der Waals surface area contributed by atoms with Crippen LogP contribution in [-0.4, -0.2) is 21.6 Å². The Bertz CT molecular complexity index is 1590. The lowest BCUT2D eigenvalue weighted by Gasteiger charge is -2.30. The zero-order valence-corrected chi connectivity index (χ0v) is 23.2. The van der Waals surface area contributed by atoms with Gasteiger partial charge in [-0.2, -0.15) is 0 Å². The Hall–Kier alpha value is -3.33. The summed E-state index contributed by atoms with van der Waals surface area (Å²) >= 11 is 4.99. The van der Waals surface area contributed by atoms with E-state index in [4.69, 9.17) is 10.7 Å². The molecule has 5 nitrogen and oxygen atoms in total. The fourth-order valence-corrected chi connectivity index (χ4v) is 8.43. The van der Waals surface area contributed by atoms with Crippen molar-refractivity contribution in [2.45, 2.75) is 29.0 Å². The number of thiophene rings is 1. The maximum Gasteiger partial charge on any atom is 0.234 e. The number of nitrogens with zero attached hydrogens (tertiary/aromatic N) is 2. The van der Waals surface area contributed by atoms with Gasteiger partial charge in [-0.15, -0.1) is 23.1 Å². The zero-order valence-electron chi connectivity index (χ0n) is 20.8. The van der Waals surface area contributed by atoms with Crippen LogP contribution in [0.4, 0.5) is 11.5 Å². The molecule has 38 heavy (non-hydrogen) atoms. The SMILES string of the molecule is Cc1ccc(NC(=O)CSc2nc(N)c3c4c(sc3n2)[C@H](c2ccccc2)S[C@H](c2ccccc2)C4)cc1. The van der Waals surface area contributed by atoms with E-state index < -0.39 is 0 Å². The number of nitrogens with one attached hydrogen (secondary N) is 1. The van der Waals surface area contributed by atoms with Crippen LogP contribution >= 0.6 is 34.9 Å². The maximum atomic E-state index is 12.5. The summed E-state index contributed by atoms with van der Waals surface area (Å²) in [6, 6.07) is 29.1. The lowest BCUT2D eigenvalue weighted by atomic mass is 9.98. The van der Waals surface area contributed by atoms with E-state index in [1.807, 2.05) is 43.0 Å². The van der Waals surface area contributed by atoms with Gasteiger partial charge in [-0.3, -0.25) is 4.79 Å². The van der Waals surface area contributed by atoms with E-state index in [0.717, 1.165) is 27.9 Å². The Kier molecular flexibility index (Phi) is 7.10. The second-order valence-electron chi connectivity index (χ2n) is 9.25. The van der Waals surface area contributed by atoms with E-state index in [2.05, 4.69) is 71.0 Å². The number of hydrogen-bond donors (Lipinski definition) is 2. The lowest BCUT2D eigenvalue weighted by molar-refractivity contribution is -0.113. The fourth-order valence-electron chi connectivity index (χ4n) is 4.71. The minimum Gasteiger partial charge on any atom is -0.383 e. The summed E-state index contributed by atoms with van der Waals surface area (Å²) in [4.78, 5) is 24.2. The van der Waals surface area contributed by atoms with Crippen molar-refractivity contribution in [2.75, 3.05) is 16.8 Å². The molecular formula is C30H26N4OS3. The third kappa shape index (κ3) is 5.16. The van der Waals surface area contributed by atoms with Crippen molar-refractivity contribution in [3.8, 4) is 0 Å². The first-order valence-electron chi connectivity index (χ1n) is 12.4. The highest BCUT2D eigenvalue weighted by Gasteiger charge is 2.34. The molecule has 2 atom stereocenters. The molecule has 2 aromatic heterocycles.